The summed E-state index contributed by atoms with van der Waals surface area (Å²) in [6.45, 7) is 1.28. The second kappa shape index (κ2) is 9.39. The lowest BCUT2D eigenvalue weighted by Crippen LogP contribution is -2.08. The number of nitrogens with one attached hydrogen (secondary N) is 1. The molecule has 1 aromatic heterocycles. The number of aliphatic hydroxyl groups excluding tert-OH is 1. The number of Topliss-reactive ketones (excluding diaryl/α,β-unsaturated/α-hetero) is 1. The summed E-state index contributed by atoms with van der Waals surface area (Å²) in [6.07, 6.45) is 0. The minimum atomic E-state index is -0.585. The Hall–Kier alpha value is -2.12. The highest BCUT2D eigenvalue weighted by atomic mass is 35.5. The molecule has 0 aliphatic rings. The standard InChI is InChI=1S/C20H17Cl2N3O2S/c1-12-8-19(24-17-9-14(21)6-7-15(17)18(27)10-26)25-20(23-12)28-11-13-4-2-3-5-16(13)22/h2-9,26H,10-11H2,1H3,(H,23,24,25). The Bertz CT molecular complexity index is 1010. The molecular weight excluding hydrogens is 417 g/mol. The predicted molar refractivity (Wildman–Crippen MR) is 114 cm³/mol. The maximum Gasteiger partial charge on any atom is 0.190 e. The van der Waals surface area contributed by atoms with E-state index in [1.165, 1.54) is 11.8 Å². The van der Waals surface area contributed by atoms with Gasteiger partial charge in [-0.15, -0.1) is 0 Å². The number of aromatic nitrogens is 2. The molecule has 0 saturated carbocycles. The van der Waals surface area contributed by atoms with Crippen molar-refractivity contribution in [1.29, 1.82) is 0 Å². The van der Waals surface area contributed by atoms with Gasteiger partial charge < -0.3 is 10.4 Å². The van der Waals surface area contributed by atoms with Crippen molar-refractivity contribution in [3.8, 4) is 0 Å². The molecule has 3 aromatic rings. The number of rotatable bonds is 7. The van der Waals surface area contributed by atoms with Crippen LogP contribution in [0.3, 0.4) is 0 Å². The molecule has 0 fully saturated rings. The Balaban J connectivity index is 1.83. The third-order valence-corrected chi connectivity index (χ3v) is 5.34. The van der Waals surface area contributed by atoms with Crippen molar-refractivity contribution in [2.45, 2.75) is 17.8 Å². The molecule has 8 heteroatoms. The number of hydrogen-bond donors (Lipinski definition) is 2. The van der Waals surface area contributed by atoms with Crippen molar-refractivity contribution in [2.75, 3.05) is 11.9 Å². The van der Waals surface area contributed by atoms with Gasteiger partial charge in [0, 0.05) is 33.1 Å². The zero-order chi connectivity index (χ0) is 20.1. The van der Waals surface area contributed by atoms with Gasteiger partial charge in [0.2, 0.25) is 0 Å². The van der Waals surface area contributed by atoms with E-state index in [4.69, 9.17) is 23.2 Å². The summed E-state index contributed by atoms with van der Waals surface area (Å²) in [5, 5.41) is 14.1. The maximum atomic E-state index is 12.0. The van der Waals surface area contributed by atoms with E-state index >= 15 is 0 Å². The largest absolute Gasteiger partial charge is 0.388 e. The minimum absolute atomic E-state index is 0.341. The smallest absolute Gasteiger partial charge is 0.190 e. The highest BCUT2D eigenvalue weighted by molar-refractivity contribution is 7.98. The van der Waals surface area contributed by atoms with E-state index in [9.17, 15) is 9.90 Å². The fraction of sp³-hybridized carbons (Fsp3) is 0.150. The second-order valence-electron chi connectivity index (χ2n) is 5.95. The van der Waals surface area contributed by atoms with Crippen LogP contribution in [-0.2, 0) is 5.75 Å². The lowest BCUT2D eigenvalue weighted by molar-refractivity contribution is 0.0904. The molecule has 0 unspecified atom stereocenters. The summed E-state index contributed by atoms with van der Waals surface area (Å²) in [5.74, 6) is 0.759. The summed E-state index contributed by atoms with van der Waals surface area (Å²) in [6, 6.07) is 14.2. The van der Waals surface area contributed by atoms with Gasteiger partial charge >= 0.3 is 0 Å². The van der Waals surface area contributed by atoms with E-state index in [1.807, 2.05) is 31.2 Å². The van der Waals surface area contributed by atoms with Crippen LogP contribution >= 0.6 is 35.0 Å². The predicted octanol–water partition coefficient (Wildman–Crippen LogP) is 5.30. The van der Waals surface area contributed by atoms with Crippen LogP contribution in [0.25, 0.3) is 0 Å². The Morgan fingerprint density at radius 3 is 2.68 bits per heavy atom. The van der Waals surface area contributed by atoms with Crippen LogP contribution < -0.4 is 5.32 Å². The number of thioether (sulfide) groups is 1. The fourth-order valence-electron chi connectivity index (χ4n) is 2.51. The molecule has 3 rings (SSSR count). The van der Waals surface area contributed by atoms with Gasteiger partial charge in [-0.1, -0.05) is 53.2 Å². The van der Waals surface area contributed by atoms with E-state index in [-0.39, 0.29) is 0 Å². The average molecular weight is 434 g/mol. The Labute approximate surface area is 177 Å². The van der Waals surface area contributed by atoms with Crippen molar-refractivity contribution in [1.82, 2.24) is 9.97 Å². The molecule has 0 amide bonds. The Morgan fingerprint density at radius 2 is 1.93 bits per heavy atom. The van der Waals surface area contributed by atoms with Crippen LogP contribution in [0.15, 0.2) is 53.7 Å². The van der Waals surface area contributed by atoms with Gasteiger partial charge in [-0.2, -0.15) is 0 Å². The number of halogens is 2. The van der Waals surface area contributed by atoms with E-state index in [0.717, 1.165) is 11.3 Å². The first-order chi connectivity index (χ1) is 13.5. The Kier molecular flexibility index (Phi) is 6.91. The van der Waals surface area contributed by atoms with Crippen molar-refractivity contribution >= 4 is 52.3 Å². The van der Waals surface area contributed by atoms with Gasteiger partial charge in [0.1, 0.15) is 12.4 Å². The quantitative estimate of drug-likeness (QED) is 0.299. The van der Waals surface area contributed by atoms with Gasteiger partial charge in [-0.3, -0.25) is 4.79 Å². The number of benzene rings is 2. The number of hydrogen-bond acceptors (Lipinski definition) is 6. The van der Waals surface area contributed by atoms with Crippen LogP contribution in [-0.4, -0.2) is 27.5 Å². The number of carbonyl (C=O) groups is 1. The molecule has 0 saturated heterocycles. The summed E-state index contributed by atoms with van der Waals surface area (Å²) < 4.78 is 0. The number of aryl methyl sites for hydroxylation is 1. The number of anilines is 2. The molecule has 0 spiro atoms. The lowest BCUT2D eigenvalue weighted by atomic mass is 10.1. The second-order valence-corrected chi connectivity index (χ2v) is 7.74. The molecule has 0 atom stereocenters. The van der Waals surface area contributed by atoms with Crippen molar-refractivity contribution in [2.24, 2.45) is 0 Å². The van der Waals surface area contributed by atoms with Crippen molar-refractivity contribution < 1.29 is 9.90 Å². The van der Waals surface area contributed by atoms with Crippen LogP contribution in [0.5, 0.6) is 0 Å². The van der Waals surface area contributed by atoms with E-state index in [1.54, 1.807) is 24.3 Å². The normalized spacial score (nSPS) is 10.7. The molecule has 2 aromatic carbocycles. The average Bonchev–Trinajstić information content (AvgIpc) is 2.66. The molecule has 144 valence electrons. The topological polar surface area (TPSA) is 75.1 Å². The fourth-order valence-corrected chi connectivity index (χ4v) is 3.88. The van der Waals surface area contributed by atoms with Gasteiger partial charge in [0.25, 0.3) is 0 Å². The van der Waals surface area contributed by atoms with Crippen LogP contribution in [0.2, 0.25) is 10.0 Å². The Morgan fingerprint density at radius 1 is 1.14 bits per heavy atom. The van der Waals surface area contributed by atoms with Gasteiger partial charge in [-0.25, -0.2) is 9.97 Å². The van der Waals surface area contributed by atoms with Gasteiger partial charge in [0.15, 0.2) is 10.9 Å². The number of aliphatic hydroxyl groups is 1. The van der Waals surface area contributed by atoms with Crippen LogP contribution in [0, 0.1) is 6.92 Å². The maximum absolute atomic E-state index is 12.0. The molecule has 5 nitrogen and oxygen atoms in total. The molecule has 1 heterocycles. The molecule has 0 aliphatic carbocycles. The van der Waals surface area contributed by atoms with Crippen LogP contribution in [0.1, 0.15) is 21.6 Å². The zero-order valence-corrected chi connectivity index (χ0v) is 17.3. The van der Waals surface area contributed by atoms with Gasteiger partial charge in [0.05, 0.1) is 5.69 Å². The zero-order valence-electron chi connectivity index (χ0n) is 14.9. The summed E-state index contributed by atoms with van der Waals surface area (Å²) in [7, 11) is 0. The van der Waals surface area contributed by atoms with E-state index in [2.05, 4.69) is 15.3 Å². The van der Waals surface area contributed by atoms with E-state index < -0.39 is 12.4 Å². The summed E-state index contributed by atoms with van der Waals surface area (Å²) in [5.41, 5.74) is 2.59. The highest BCUT2D eigenvalue weighted by Crippen LogP contribution is 2.28. The summed E-state index contributed by atoms with van der Waals surface area (Å²) >= 11 is 13.7. The van der Waals surface area contributed by atoms with Crippen LogP contribution in [0.4, 0.5) is 11.5 Å². The molecule has 0 radical (unpaired) electrons. The monoisotopic (exact) mass is 433 g/mol. The minimum Gasteiger partial charge on any atom is -0.388 e. The first-order valence-electron chi connectivity index (χ1n) is 8.39. The number of ketones is 1. The third kappa shape index (κ3) is 5.23. The van der Waals surface area contributed by atoms with Crippen molar-refractivity contribution in [3.63, 3.8) is 0 Å². The highest BCUT2D eigenvalue weighted by Gasteiger charge is 2.13. The summed E-state index contributed by atoms with van der Waals surface area (Å²) in [4.78, 5) is 20.9. The first-order valence-corrected chi connectivity index (χ1v) is 10.1. The number of carbonyl (C=O) groups excluding carboxylic acids is 1. The molecule has 2 N–H and O–H groups in total. The third-order valence-electron chi connectivity index (χ3n) is 3.84. The SMILES string of the molecule is Cc1cc(Nc2cc(Cl)ccc2C(=O)CO)nc(SCc2ccccc2Cl)n1. The van der Waals surface area contributed by atoms with Gasteiger partial charge in [-0.05, 0) is 36.8 Å². The van der Waals surface area contributed by atoms with E-state index in [0.29, 0.717) is 38.0 Å². The lowest BCUT2D eigenvalue weighted by Gasteiger charge is -2.12. The number of nitrogens with zero attached hydrogens (tertiary/aromatic N) is 2. The molecule has 28 heavy (non-hydrogen) atoms. The molecular formula is C20H17Cl2N3O2S. The molecule has 0 bridgehead atoms. The van der Waals surface area contributed by atoms with Crippen molar-refractivity contribution in [3.05, 3.63) is 75.4 Å². The molecule has 0 aliphatic heterocycles. The first kappa shape index (κ1) is 20.6.